The van der Waals surface area contributed by atoms with Crippen molar-refractivity contribution in [1.29, 1.82) is 0 Å². The summed E-state index contributed by atoms with van der Waals surface area (Å²) in [6.07, 6.45) is 0. The van der Waals surface area contributed by atoms with Gasteiger partial charge in [0.25, 0.3) is 5.91 Å². The summed E-state index contributed by atoms with van der Waals surface area (Å²) in [4.78, 5) is 20.0. The van der Waals surface area contributed by atoms with Crippen LogP contribution in [0.15, 0.2) is 60.0 Å². The van der Waals surface area contributed by atoms with Gasteiger partial charge in [0, 0.05) is 22.0 Å². The molecule has 8 heteroatoms. The number of amides is 1. The molecule has 2 heterocycles. The lowest BCUT2D eigenvalue weighted by atomic mass is 10.2. The number of carbonyl (C=O) groups is 1. The van der Waals surface area contributed by atoms with E-state index in [0.717, 1.165) is 16.6 Å². The Kier molecular flexibility index (Phi) is 4.55. The second-order valence-electron chi connectivity index (χ2n) is 5.67. The van der Waals surface area contributed by atoms with Crippen LogP contribution in [0, 0.1) is 0 Å². The summed E-state index contributed by atoms with van der Waals surface area (Å²) in [6.45, 7) is -2.89. The standard InChI is InChI=1S/C19H13F2N3O2S/c20-19(21)26-13-7-5-12(6-8-13)22-17(25)16-10-27-18(24-16)15-9-11-3-1-2-4-14(11)23-15/h1-10,19,23H,(H,22,25). The van der Waals surface area contributed by atoms with Crippen molar-refractivity contribution in [2.45, 2.75) is 6.61 Å². The second kappa shape index (κ2) is 7.16. The number of hydrogen-bond acceptors (Lipinski definition) is 4. The van der Waals surface area contributed by atoms with Crippen LogP contribution in [0.5, 0.6) is 5.75 Å². The fourth-order valence-corrected chi connectivity index (χ4v) is 3.38. The maximum atomic E-state index is 12.4. The number of anilines is 1. The van der Waals surface area contributed by atoms with Crippen LogP contribution in [0.3, 0.4) is 0 Å². The molecule has 0 aliphatic heterocycles. The summed E-state index contributed by atoms with van der Waals surface area (Å²) in [6, 6.07) is 15.6. The quantitative estimate of drug-likeness (QED) is 0.500. The van der Waals surface area contributed by atoms with Crippen LogP contribution in [-0.4, -0.2) is 22.5 Å². The number of H-pyrrole nitrogens is 1. The SMILES string of the molecule is O=C(Nc1ccc(OC(F)F)cc1)c1csc(-c2cc3ccccc3[nH]2)n1. The van der Waals surface area contributed by atoms with Gasteiger partial charge in [-0.3, -0.25) is 4.79 Å². The van der Waals surface area contributed by atoms with Gasteiger partial charge in [0.1, 0.15) is 16.5 Å². The van der Waals surface area contributed by atoms with Crippen LogP contribution in [0.2, 0.25) is 0 Å². The summed E-state index contributed by atoms with van der Waals surface area (Å²) in [5, 5.41) is 6.13. The lowest BCUT2D eigenvalue weighted by Gasteiger charge is -2.06. The minimum absolute atomic E-state index is 0.0257. The number of halogens is 2. The Hall–Kier alpha value is -3.26. The van der Waals surface area contributed by atoms with Gasteiger partial charge in [-0.15, -0.1) is 11.3 Å². The number of aromatic nitrogens is 2. The molecule has 0 radical (unpaired) electrons. The molecule has 2 aromatic carbocycles. The van der Waals surface area contributed by atoms with Crippen LogP contribution in [-0.2, 0) is 0 Å². The number of para-hydroxylation sites is 1. The van der Waals surface area contributed by atoms with Gasteiger partial charge in [0.2, 0.25) is 0 Å². The van der Waals surface area contributed by atoms with E-state index in [-0.39, 0.29) is 17.4 Å². The molecule has 5 nitrogen and oxygen atoms in total. The molecule has 136 valence electrons. The Morgan fingerprint density at radius 1 is 1.15 bits per heavy atom. The molecule has 0 saturated carbocycles. The molecule has 0 bridgehead atoms. The molecule has 0 saturated heterocycles. The van der Waals surface area contributed by atoms with Crippen molar-refractivity contribution in [2.75, 3.05) is 5.32 Å². The van der Waals surface area contributed by atoms with E-state index in [1.807, 2.05) is 30.3 Å². The Balaban J connectivity index is 1.48. The Labute approximate surface area is 156 Å². The first kappa shape index (κ1) is 17.2. The van der Waals surface area contributed by atoms with Crippen LogP contribution >= 0.6 is 11.3 Å². The fourth-order valence-electron chi connectivity index (χ4n) is 2.61. The minimum Gasteiger partial charge on any atom is -0.435 e. The van der Waals surface area contributed by atoms with E-state index in [4.69, 9.17) is 0 Å². The zero-order chi connectivity index (χ0) is 18.8. The molecular weight excluding hydrogens is 372 g/mol. The van der Waals surface area contributed by atoms with Gasteiger partial charge in [0.05, 0.1) is 5.69 Å². The van der Waals surface area contributed by atoms with Gasteiger partial charge < -0.3 is 15.0 Å². The average molecular weight is 385 g/mol. The third-order valence-corrected chi connectivity index (χ3v) is 4.71. The van der Waals surface area contributed by atoms with Crippen LogP contribution in [0.25, 0.3) is 21.6 Å². The number of rotatable bonds is 5. The zero-order valence-electron chi connectivity index (χ0n) is 13.8. The van der Waals surface area contributed by atoms with E-state index in [0.29, 0.717) is 10.7 Å². The first-order chi connectivity index (χ1) is 13.1. The first-order valence-corrected chi connectivity index (χ1v) is 8.86. The van der Waals surface area contributed by atoms with Gasteiger partial charge in [-0.05, 0) is 36.4 Å². The van der Waals surface area contributed by atoms with Gasteiger partial charge in [0.15, 0.2) is 0 Å². The van der Waals surface area contributed by atoms with E-state index >= 15 is 0 Å². The van der Waals surface area contributed by atoms with Gasteiger partial charge in [-0.25, -0.2) is 4.98 Å². The number of nitrogens with zero attached hydrogens (tertiary/aromatic N) is 1. The maximum Gasteiger partial charge on any atom is 0.387 e. The number of thiazole rings is 1. The Morgan fingerprint density at radius 3 is 2.67 bits per heavy atom. The summed E-state index contributed by atoms with van der Waals surface area (Å²) in [7, 11) is 0. The predicted molar refractivity (Wildman–Crippen MR) is 100 cm³/mol. The summed E-state index contributed by atoms with van der Waals surface area (Å²) < 4.78 is 28.6. The Bertz CT molecular complexity index is 1060. The molecule has 0 fully saturated rings. The van der Waals surface area contributed by atoms with Crippen molar-refractivity contribution in [3.05, 3.63) is 65.7 Å². The number of carbonyl (C=O) groups excluding carboxylic acids is 1. The number of fused-ring (bicyclic) bond motifs is 1. The molecule has 0 aliphatic carbocycles. The third-order valence-electron chi connectivity index (χ3n) is 3.83. The lowest BCUT2D eigenvalue weighted by molar-refractivity contribution is -0.0498. The smallest absolute Gasteiger partial charge is 0.387 e. The Morgan fingerprint density at radius 2 is 1.93 bits per heavy atom. The highest BCUT2D eigenvalue weighted by Crippen LogP contribution is 2.27. The number of nitrogens with one attached hydrogen (secondary N) is 2. The lowest BCUT2D eigenvalue weighted by Crippen LogP contribution is -2.12. The highest BCUT2D eigenvalue weighted by Gasteiger charge is 2.14. The zero-order valence-corrected chi connectivity index (χ0v) is 14.6. The monoisotopic (exact) mass is 385 g/mol. The van der Waals surface area contributed by atoms with Crippen LogP contribution in [0.1, 0.15) is 10.5 Å². The predicted octanol–water partition coefficient (Wildman–Crippen LogP) is 5.15. The number of ether oxygens (including phenoxy) is 1. The maximum absolute atomic E-state index is 12.4. The van der Waals surface area contributed by atoms with E-state index in [1.54, 1.807) is 5.38 Å². The molecule has 0 spiro atoms. The molecule has 1 amide bonds. The summed E-state index contributed by atoms with van der Waals surface area (Å²) in [5.74, 6) is -0.353. The van der Waals surface area contributed by atoms with Gasteiger partial charge in [-0.2, -0.15) is 8.78 Å². The molecule has 4 aromatic rings. The number of aromatic amines is 1. The van der Waals surface area contributed by atoms with E-state index < -0.39 is 6.61 Å². The van der Waals surface area contributed by atoms with E-state index in [2.05, 4.69) is 20.0 Å². The van der Waals surface area contributed by atoms with Crippen molar-refractivity contribution in [2.24, 2.45) is 0 Å². The van der Waals surface area contributed by atoms with Gasteiger partial charge in [-0.1, -0.05) is 18.2 Å². The van der Waals surface area contributed by atoms with Crippen molar-refractivity contribution < 1.29 is 18.3 Å². The largest absolute Gasteiger partial charge is 0.435 e. The topological polar surface area (TPSA) is 67.0 Å². The highest BCUT2D eigenvalue weighted by atomic mass is 32.1. The minimum atomic E-state index is -2.89. The van der Waals surface area contributed by atoms with Crippen molar-refractivity contribution in [3.8, 4) is 16.5 Å². The number of benzene rings is 2. The number of alkyl halides is 2. The molecule has 0 unspecified atom stereocenters. The van der Waals surface area contributed by atoms with Crippen molar-refractivity contribution in [1.82, 2.24) is 9.97 Å². The third kappa shape index (κ3) is 3.80. The molecular formula is C19H13F2N3O2S. The molecule has 2 aromatic heterocycles. The van der Waals surface area contributed by atoms with Crippen molar-refractivity contribution >= 4 is 33.8 Å². The van der Waals surface area contributed by atoms with Crippen molar-refractivity contribution in [3.63, 3.8) is 0 Å². The molecule has 0 aliphatic rings. The van der Waals surface area contributed by atoms with E-state index in [9.17, 15) is 13.6 Å². The van der Waals surface area contributed by atoms with E-state index in [1.165, 1.54) is 35.6 Å². The fraction of sp³-hybridized carbons (Fsp3) is 0.0526. The highest BCUT2D eigenvalue weighted by molar-refractivity contribution is 7.13. The number of hydrogen-bond donors (Lipinski definition) is 2. The molecule has 4 rings (SSSR count). The molecule has 27 heavy (non-hydrogen) atoms. The first-order valence-electron chi connectivity index (χ1n) is 7.98. The molecule has 0 atom stereocenters. The van der Waals surface area contributed by atoms with Crippen LogP contribution in [0.4, 0.5) is 14.5 Å². The normalized spacial score (nSPS) is 11.1. The van der Waals surface area contributed by atoms with Gasteiger partial charge >= 0.3 is 6.61 Å². The summed E-state index contributed by atoms with van der Waals surface area (Å²) in [5.41, 5.74) is 2.58. The molecule has 2 N–H and O–H groups in total. The average Bonchev–Trinajstić information content (AvgIpc) is 3.29. The summed E-state index contributed by atoms with van der Waals surface area (Å²) >= 11 is 1.36. The second-order valence-corrected chi connectivity index (χ2v) is 6.52. The van der Waals surface area contributed by atoms with Crippen LogP contribution < -0.4 is 10.1 Å².